The summed E-state index contributed by atoms with van der Waals surface area (Å²) in [6.07, 6.45) is 1.34. The molecule has 1 aliphatic carbocycles. The number of aliphatic hydroxyl groups is 1. The van der Waals surface area contributed by atoms with Gasteiger partial charge < -0.3 is 19.5 Å². The highest BCUT2D eigenvalue weighted by molar-refractivity contribution is 5.95. The maximum atomic E-state index is 14.1. The fraction of sp³-hybridized carbons (Fsp3) is 0.533. The molecule has 5 nitrogen and oxygen atoms in total. The third kappa shape index (κ3) is 2.23. The van der Waals surface area contributed by atoms with Gasteiger partial charge in [0.25, 0.3) is 5.91 Å². The fourth-order valence-electron chi connectivity index (χ4n) is 2.95. The molecule has 1 spiro atoms. The number of carbonyl (C=O) groups excluding carboxylic acids is 1. The van der Waals surface area contributed by atoms with Gasteiger partial charge in [-0.2, -0.15) is 0 Å². The molecule has 21 heavy (non-hydrogen) atoms. The van der Waals surface area contributed by atoms with Crippen molar-refractivity contribution in [2.24, 2.45) is 5.41 Å². The quantitative estimate of drug-likeness (QED) is 0.916. The predicted molar refractivity (Wildman–Crippen MR) is 73.1 cm³/mol. The molecule has 1 aromatic carbocycles. The normalized spacial score (nSPS) is 22.5. The summed E-state index contributed by atoms with van der Waals surface area (Å²) < 4.78 is 24.2. The minimum atomic E-state index is -0.649. The van der Waals surface area contributed by atoms with E-state index in [4.69, 9.17) is 9.47 Å². The number of amides is 1. The van der Waals surface area contributed by atoms with Crippen molar-refractivity contribution in [3.05, 3.63) is 23.5 Å². The van der Waals surface area contributed by atoms with Gasteiger partial charge in [0.1, 0.15) is 5.82 Å². The molecule has 0 aromatic heterocycles. The molecule has 1 atom stereocenters. The number of carbonyl (C=O) groups is 1. The van der Waals surface area contributed by atoms with E-state index in [0.29, 0.717) is 12.3 Å². The summed E-state index contributed by atoms with van der Waals surface area (Å²) in [5, 5.41) is 10.0. The number of β-amino-alcohol motifs (C(OH)–C–C–N with tert-alkyl or cyclic N) is 1. The Bertz CT molecular complexity index is 585. The molecule has 114 valence electrons. The Hall–Kier alpha value is -1.82. The number of nitrogens with zero attached hydrogens (tertiary/aromatic N) is 1. The van der Waals surface area contributed by atoms with Crippen molar-refractivity contribution in [3.63, 3.8) is 0 Å². The van der Waals surface area contributed by atoms with Crippen LogP contribution in [0.2, 0.25) is 0 Å². The number of aliphatic hydroxyl groups excluding tert-OH is 1. The number of benzene rings is 1. The van der Waals surface area contributed by atoms with E-state index in [1.165, 1.54) is 25.2 Å². The first-order chi connectivity index (χ1) is 10.0. The van der Waals surface area contributed by atoms with Crippen LogP contribution in [0.15, 0.2) is 12.1 Å². The standard InChI is InChI=1S/C15H18FNO4/c1-20-11-5-9(10(16)6-12(11)21-2)14(19)17-7-13(18)15(8-17)3-4-15/h5-6,13,18H,3-4,7-8H2,1-2H3. The van der Waals surface area contributed by atoms with Gasteiger partial charge in [-0.25, -0.2) is 4.39 Å². The first kappa shape index (κ1) is 14.1. The van der Waals surface area contributed by atoms with E-state index in [1.807, 2.05) is 0 Å². The Morgan fingerprint density at radius 1 is 1.33 bits per heavy atom. The number of hydrogen-bond donors (Lipinski definition) is 1. The summed E-state index contributed by atoms with van der Waals surface area (Å²) >= 11 is 0. The third-order valence-corrected chi connectivity index (χ3v) is 4.49. The van der Waals surface area contributed by atoms with E-state index in [0.717, 1.165) is 18.9 Å². The number of likely N-dealkylation sites (tertiary alicyclic amines) is 1. The summed E-state index contributed by atoms with van der Waals surface area (Å²) in [6.45, 7) is 0.743. The molecule has 1 saturated heterocycles. The lowest BCUT2D eigenvalue weighted by atomic mass is 10.0. The average molecular weight is 295 g/mol. The minimum absolute atomic E-state index is 0.0578. The number of ether oxygens (including phenoxy) is 2. The van der Waals surface area contributed by atoms with Gasteiger partial charge >= 0.3 is 0 Å². The van der Waals surface area contributed by atoms with E-state index < -0.39 is 17.8 Å². The van der Waals surface area contributed by atoms with E-state index in [-0.39, 0.29) is 23.3 Å². The monoisotopic (exact) mass is 295 g/mol. The van der Waals surface area contributed by atoms with Crippen LogP contribution in [0.25, 0.3) is 0 Å². The Kier molecular flexibility index (Phi) is 3.28. The van der Waals surface area contributed by atoms with Crippen LogP contribution in [-0.4, -0.2) is 49.3 Å². The second-order valence-electron chi connectivity index (χ2n) is 5.75. The molecule has 2 fully saturated rings. The highest BCUT2D eigenvalue weighted by Crippen LogP contribution is 2.53. The molecular formula is C15H18FNO4. The average Bonchev–Trinajstić information content (AvgIpc) is 3.18. The van der Waals surface area contributed by atoms with Crippen LogP contribution in [0, 0.1) is 11.2 Å². The Labute approximate surface area is 122 Å². The van der Waals surface area contributed by atoms with E-state index in [9.17, 15) is 14.3 Å². The van der Waals surface area contributed by atoms with Crippen molar-refractivity contribution in [3.8, 4) is 11.5 Å². The molecule has 6 heteroatoms. The molecule has 1 amide bonds. The highest BCUT2D eigenvalue weighted by atomic mass is 19.1. The molecule has 1 saturated carbocycles. The molecular weight excluding hydrogens is 277 g/mol. The van der Waals surface area contributed by atoms with Gasteiger partial charge in [0, 0.05) is 24.6 Å². The molecule has 0 radical (unpaired) electrons. The van der Waals surface area contributed by atoms with E-state index >= 15 is 0 Å². The smallest absolute Gasteiger partial charge is 0.257 e. The van der Waals surface area contributed by atoms with Crippen LogP contribution in [-0.2, 0) is 0 Å². The SMILES string of the molecule is COc1cc(F)c(C(=O)N2CC(O)C3(CC3)C2)cc1OC. The van der Waals surface area contributed by atoms with Gasteiger partial charge in [0.2, 0.25) is 0 Å². The number of hydrogen-bond acceptors (Lipinski definition) is 4. The van der Waals surface area contributed by atoms with Gasteiger partial charge in [-0.05, 0) is 18.9 Å². The van der Waals surface area contributed by atoms with Gasteiger partial charge in [-0.3, -0.25) is 4.79 Å². The molecule has 2 aliphatic rings. The molecule has 0 bridgehead atoms. The van der Waals surface area contributed by atoms with E-state index in [2.05, 4.69) is 0 Å². The van der Waals surface area contributed by atoms with Gasteiger partial charge in [0.15, 0.2) is 11.5 Å². The van der Waals surface area contributed by atoms with E-state index in [1.54, 1.807) is 0 Å². The Morgan fingerprint density at radius 2 is 1.95 bits per heavy atom. The number of methoxy groups -OCH3 is 2. The molecule has 1 aliphatic heterocycles. The summed E-state index contributed by atoms with van der Waals surface area (Å²) in [5.74, 6) is -0.519. The predicted octanol–water partition coefficient (Wildman–Crippen LogP) is 1.44. The fourth-order valence-corrected chi connectivity index (χ4v) is 2.95. The van der Waals surface area contributed by atoms with Crippen molar-refractivity contribution in [1.82, 2.24) is 4.90 Å². The maximum absolute atomic E-state index is 14.1. The summed E-state index contributed by atoms with van der Waals surface area (Å²) in [7, 11) is 2.84. The second-order valence-corrected chi connectivity index (χ2v) is 5.75. The van der Waals surface area contributed by atoms with Crippen molar-refractivity contribution < 1.29 is 23.8 Å². The lowest BCUT2D eigenvalue weighted by Gasteiger charge is -2.17. The number of rotatable bonds is 3. The van der Waals surface area contributed by atoms with Crippen molar-refractivity contribution in [2.75, 3.05) is 27.3 Å². The van der Waals surface area contributed by atoms with Crippen LogP contribution in [0.1, 0.15) is 23.2 Å². The first-order valence-corrected chi connectivity index (χ1v) is 6.89. The Morgan fingerprint density at radius 3 is 2.48 bits per heavy atom. The van der Waals surface area contributed by atoms with Crippen LogP contribution < -0.4 is 9.47 Å². The van der Waals surface area contributed by atoms with Crippen LogP contribution in [0.5, 0.6) is 11.5 Å². The summed E-state index contributed by atoms with van der Waals surface area (Å²) in [6, 6.07) is 2.49. The van der Waals surface area contributed by atoms with Gasteiger partial charge in [0.05, 0.1) is 25.9 Å². The van der Waals surface area contributed by atoms with Crippen molar-refractivity contribution in [2.45, 2.75) is 18.9 Å². The van der Waals surface area contributed by atoms with Crippen LogP contribution >= 0.6 is 0 Å². The Balaban J connectivity index is 1.88. The zero-order valence-electron chi connectivity index (χ0n) is 12.1. The lowest BCUT2D eigenvalue weighted by molar-refractivity contribution is 0.0759. The second kappa shape index (κ2) is 4.87. The zero-order valence-corrected chi connectivity index (χ0v) is 12.1. The molecule has 3 rings (SSSR count). The van der Waals surface area contributed by atoms with Crippen molar-refractivity contribution >= 4 is 5.91 Å². The molecule has 1 aromatic rings. The molecule has 1 unspecified atom stereocenters. The van der Waals surface area contributed by atoms with Gasteiger partial charge in [-0.15, -0.1) is 0 Å². The third-order valence-electron chi connectivity index (χ3n) is 4.49. The highest BCUT2D eigenvalue weighted by Gasteiger charge is 2.55. The van der Waals surface area contributed by atoms with Gasteiger partial charge in [-0.1, -0.05) is 0 Å². The lowest BCUT2D eigenvalue weighted by Crippen LogP contribution is -2.30. The van der Waals surface area contributed by atoms with Crippen molar-refractivity contribution in [1.29, 1.82) is 0 Å². The first-order valence-electron chi connectivity index (χ1n) is 6.89. The maximum Gasteiger partial charge on any atom is 0.257 e. The van der Waals surface area contributed by atoms with Crippen LogP contribution in [0.4, 0.5) is 4.39 Å². The summed E-state index contributed by atoms with van der Waals surface area (Å²) in [5.41, 5.74) is -0.208. The minimum Gasteiger partial charge on any atom is -0.493 e. The number of halogens is 1. The molecule has 1 heterocycles. The largest absolute Gasteiger partial charge is 0.493 e. The summed E-state index contributed by atoms with van der Waals surface area (Å²) in [4.78, 5) is 14.0. The van der Waals surface area contributed by atoms with Crippen LogP contribution in [0.3, 0.4) is 0 Å². The zero-order chi connectivity index (χ0) is 15.2. The topological polar surface area (TPSA) is 59.0 Å². The molecule has 1 N–H and O–H groups in total.